The second-order valence-electron chi connectivity index (χ2n) is 8.26. The van der Waals surface area contributed by atoms with Gasteiger partial charge in [0.25, 0.3) is 0 Å². The fourth-order valence-electron chi connectivity index (χ4n) is 4.41. The van der Waals surface area contributed by atoms with Gasteiger partial charge in [0, 0.05) is 50.7 Å². The number of rotatable bonds is 5. The monoisotopic (exact) mass is 416 g/mol. The number of hydrogen-bond donors (Lipinski definition) is 2. The summed E-state index contributed by atoms with van der Waals surface area (Å²) in [6.07, 6.45) is 1.35. The minimum absolute atomic E-state index is 0.164. The van der Waals surface area contributed by atoms with E-state index in [-0.39, 0.29) is 11.9 Å². The summed E-state index contributed by atoms with van der Waals surface area (Å²) in [4.78, 5) is 26.6. The molecule has 0 spiro atoms. The third-order valence-electron chi connectivity index (χ3n) is 6.07. The summed E-state index contributed by atoms with van der Waals surface area (Å²) >= 11 is 0. The fraction of sp³-hybridized carbons (Fsp3) is 0.375. The standard InChI is InChI=1S/C24H28N6O/c31-22(16-18-6-2-1-3-7-18)30-13-10-19(17-30)26-24-27-21-9-5-4-8-20(21)23(28-24)29-14-11-25-12-15-29/h1-9,19,25H,10-17H2,(H,26,27,28). The average molecular weight is 417 g/mol. The Hall–Kier alpha value is -3.19. The number of benzene rings is 2. The zero-order valence-corrected chi connectivity index (χ0v) is 17.6. The van der Waals surface area contributed by atoms with E-state index in [0.717, 1.165) is 61.4 Å². The highest BCUT2D eigenvalue weighted by Crippen LogP contribution is 2.26. The number of carbonyl (C=O) groups is 1. The lowest BCUT2D eigenvalue weighted by atomic mass is 10.1. The molecule has 1 aromatic heterocycles. The first-order valence-electron chi connectivity index (χ1n) is 11.1. The van der Waals surface area contributed by atoms with E-state index in [0.29, 0.717) is 18.9 Å². The minimum atomic E-state index is 0.164. The van der Waals surface area contributed by atoms with Crippen molar-refractivity contribution in [3.8, 4) is 0 Å². The SMILES string of the molecule is O=C(Cc1ccccc1)N1CCC(Nc2nc(N3CCNCC3)c3ccccc3n2)C1. The van der Waals surface area contributed by atoms with Crippen molar-refractivity contribution in [1.29, 1.82) is 0 Å². The number of fused-ring (bicyclic) bond motifs is 1. The molecule has 0 aliphatic carbocycles. The predicted octanol–water partition coefficient (Wildman–Crippen LogP) is 2.29. The summed E-state index contributed by atoms with van der Waals surface area (Å²) in [5.74, 6) is 1.82. The van der Waals surface area contributed by atoms with Gasteiger partial charge < -0.3 is 20.4 Å². The first-order chi connectivity index (χ1) is 15.3. The third kappa shape index (κ3) is 4.46. The number of aromatic nitrogens is 2. The molecule has 7 nitrogen and oxygen atoms in total. The lowest BCUT2D eigenvalue weighted by molar-refractivity contribution is -0.129. The molecule has 3 heterocycles. The molecule has 31 heavy (non-hydrogen) atoms. The van der Waals surface area contributed by atoms with E-state index in [1.54, 1.807) is 0 Å². The number of nitrogens with one attached hydrogen (secondary N) is 2. The highest BCUT2D eigenvalue weighted by Gasteiger charge is 2.27. The van der Waals surface area contributed by atoms with Crippen molar-refractivity contribution in [2.24, 2.45) is 0 Å². The molecule has 3 aromatic rings. The van der Waals surface area contributed by atoms with E-state index in [2.05, 4.69) is 21.6 Å². The summed E-state index contributed by atoms with van der Waals surface area (Å²) in [6, 6.07) is 18.3. The highest BCUT2D eigenvalue weighted by molar-refractivity contribution is 5.90. The van der Waals surface area contributed by atoms with Crippen molar-refractivity contribution in [3.05, 3.63) is 60.2 Å². The van der Waals surface area contributed by atoms with Crippen LogP contribution in [-0.2, 0) is 11.2 Å². The number of anilines is 2. The predicted molar refractivity (Wildman–Crippen MR) is 123 cm³/mol. The summed E-state index contributed by atoms with van der Waals surface area (Å²) < 4.78 is 0. The molecule has 5 rings (SSSR count). The van der Waals surface area contributed by atoms with Gasteiger partial charge in [-0.15, -0.1) is 0 Å². The Labute approximate surface area is 182 Å². The maximum atomic E-state index is 12.7. The molecule has 2 fully saturated rings. The second kappa shape index (κ2) is 8.89. The van der Waals surface area contributed by atoms with E-state index in [1.807, 2.05) is 53.4 Å². The number of para-hydroxylation sites is 1. The van der Waals surface area contributed by atoms with Crippen LogP contribution in [0.1, 0.15) is 12.0 Å². The Morgan fingerprint density at radius 2 is 1.77 bits per heavy atom. The van der Waals surface area contributed by atoms with Gasteiger partial charge in [0.15, 0.2) is 0 Å². The van der Waals surface area contributed by atoms with Crippen LogP contribution in [0.25, 0.3) is 10.9 Å². The Bertz CT molecular complexity index is 1050. The zero-order chi connectivity index (χ0) is 21.0. The van der Waals surface area contributed by atoms with Crippen molar-refractivity contribution in [2.45, 2.75) is 18.9 Å². The van der Waals surface area contributed by atoms with Crippen LogP contribution in [0.3, 0.4) is 0 Å². The minimum Gasteiger partial charge on any atom is -0.353 e. The first-order valence-corrected chi connectivity index (χ1v) is 11.1. The normalized spacial score (nSPS) is 19.0. The van der Waals surface area contributed by atoms with E-state index in [1.165, 1.54) is 0 Å². The molecule has 0 saturated carbocycles. The van der Waals surface area contributed by atoms with Crippen molar-refractivity contribution in [1.82, 2.24) is 20.2 Å². The van der Waals surface area contributed by atoms with Crippen LogP contribution in [0.2, 0.25) is 0 Å². The molecular formula is C24H28N6O. The highest BCUT2D eigenvalue weighted by atomic mass is 16.2. The van der Waals surface area contributed by atoms with Crippen molar-refractivity contribution < 1.29 is 4.79 Å². The average Bonchev–Trinajstić information content (AvgIpc) is 3.28. The number of nitrogens with zero attached hydrogens (tertiary/aromatic N) is 4. The molecule has 2 aliphatic rings. The van der Waals surface area contributed by atoms with Crippen LogP contribution in [0.5, 0.6) is 0 Å². The number of carbonyl (C=O) groups excluding carboxylic acids is 1. The molecule has 160 valence electrons. The second-order valence-corrected chi connectivity index (χ2v) is 8.26. The summed E-state index contributed by atoms with van der Waals surface area (Å²) in [5, 5.41) is 7.99. The van der Waals surface area contributed by atoms with Gasteiger partial charge in [0.05, 0.1) is 11.9 Å². The van der Waals surface area contributed by atoms with Crippen LogP contribution in [0, 0.1) is 0 Å². The van der Waals surface area contributed by atoms with Gasteiger partial charge in [-0.2, -0.15) is 4.98 Å². The molecule has 0 bridgehead atoms. The number of piperazine rings is 1. The van der Waals surface area contributed by atoms with Crippen LogP contribution >= 0.6 is 0 Å². The van der Waals surface area contributed by atoms with E-state index in [9.17, 15) is 4.79 Å². The molecule has 1 unspecified atom stereocenters. The Morgan fingerprint density at radius 1 is 1.00 bits per heavy atom. The Morgan fingerprint density at radius 3 is 2.61 bits per heavy atom. The van der Waals surface area contributed by atoms with Crippen LogP contribution in [0.4, 0.5) is 11.8 Å². The van der Waals surface area contributed by atoms with Gasteiger partial charge in [-0.05, 0) is 24.1 Å². The molecule has 2 N–H and O–H groups in total. The Balaban J connectivity index is 1.30. The quantitative estimate of drug-likeness (QED) is 0.665. The van der Waals surface area contributed by atoms with Crippen molar-refractivity contribution in [3.63, 3.8) is 0 Å². The number of likely N-dealkylation sites (tertiary alicyclic amines) is 1. The molecular weight excluding hydrogens is 388 g/mol. The molecule has 1 amide bonds. The smallest absolute Gasteiger partial charge is 0.227 e. The van der Waals surface area contributed by atoms with Gasteiger partial charge in [-0.1, -0.05) is 42.5 Å². The van der Waals surface area contributed by atoms with Gasteiger partial charge in [0.1, 0.15) is 5.82 Å². The van der Waals surface area contributed by atoms with E-state index >= 15 is 0 Å². The van der Waals surface area contributed by atoms with Gasteiger partial charge in [-0.3, -0.25) is 4.79 Å². The zero-order valence-electron chi connectivity index (χ0n) is 17.6. The molecule has 1 atom stereocenters. The summed E-state index contributed by atoms with van der Waals surface area (Å²) in [6.45, 7) is 5.24. The molecule has 2 saturated heterocycles. The first kappa shape index (κ1) is 19.8. The Kier molecular flexibility index (Phi) is 5.67. The lowest BCUT2D eigenvalue weighted by Gasteiger charge is -2.29. The summed E-state index contributed by atoms with van der Waals surface area (Å²) in [5.41, 5.74) is 2.01. The fourth-order valence-corrected chi connectivity index (χ4v) is 4.41. The van der Waals surface area contributed by atoms with Gasteiger partial charge >= 0.3 is 0 Å². The topological polar surface area (TPSA) is 73.4 Å². The van der Waals surface area contributed by atoms with Crippen LogP contribution in [0.15, 0.2) is 54.6 Å². The van der Waals surface area contributed by atoms with Crippen molar-refractivity contribution in [2.75, 3.05) is 49.5 Å². The van der Waals surface area contributed by atoms with Crippen LogP contribution < -0.4 is 15.5 Å². The third-order valence-corrected chi connectivity index (χ3v) is 6.07. The van der Waals surface area contributed by atoms with E-state index in [4.69, 9.17) is 9.97 Å². The summed E-state index contributed by atoms with van der Waals surface area (Å²) in [7, 11) is 0. The van der Waals surface area contributed by atoms with Gasteiger partial charge in [-0.25, -0.2) is 4.98 Å². The van der Waals surface area contributed by atoms with E-state index < -0.39 is 0 Å². The number of amides is 1. The molecule has 0 radical (unpaired) electrons. The van der Waals surface area contributed by atoms with Gasteiger partial charge in [0.2, 0.25) is 11.9 Å². The largest absolute Gasteiger partial charge is 0.353 e. The number of hydrogen-bond acceptors (Lipinski definition) is 6. The molecule has 2 aliphatic heterocycles. The van der Waals surface area contributed by atoms with Crippen LogP contribution in [-0.4, -0.2) is 66.1 Å². The maximum absolute atomic E-state index is 12.7. The molecule has 2 aromatic carbocycles. The maximum Gasteiger partial charge on any atom is 0.227 e. The lowest BCUT2D eigenvalue weighted by Crippen LogP contribution is -2.44. The van der Waals surface area contributed by atoms with Crippen molar-refractivity contribution >= 4 is 28.6 Å². The molecule has 7 heteroatoms.